The fourth-order valence-electron chi connectivity index (χ4n) is 3.11. The monoisotopic (exact) mass is 280 g/mol. The molecule has 0 aliphatic heterocycles. The van der Waals surface area contributed by atoms with E-state index in [0.29, 0.717) is 11.8 Å². The molecular formula is C16H28N2S. The van der Waals surface area contributed by atoms with Crippen LogP contribution in [0.4, 0.5) is 0 Å². The van der Waals surface area contributed by atoms with Crippen LogP contribution in [0.15, 0.2) is 5.38 Å². The third kappa shape index (κ3) is 3.03. The normalized spacial score (nSPS) is 27.9. The summed E-state index contributed by atoms with van der Waals surface area (Å²) in [5, 5.41) is 7.44. The Morgan fingerprint density at radius 2 is 2.26 bits per heavy atom. The van der Waals surface area contributed by atoms with E-state index in [2.05, 4.69) is 38.4 Å². The van der Waals surface area contributed by atoms with Crippen LogP contribution >= 0.6 is 11.3 Å². The molecule has 0 radical (unpaired) electrons. The lowest BCUT2D eigenvalue weighted by Gasteiger charge is -2.42. The maximum Gasteiger partial charge on any atom is 0.113 e. The summed E-state index contributed by atoms with van der Waals surface area (Å²) in [4.78, 5) is 4.96. The van der Waals surface area contributed by atoms with Gasteiger partial charge in [0.1, 0.15) is 5.01 Å². The second-order valence-electron chi connectivity index (χ2n) is 6.28. The molecule has 0 bridgehead atoms. The summed E-state index contributed by atoms with van der Waals surface area (Å²) in [7, 11) is 0. The smallest absolute Gasteiger partial charge is 0.113 e. The summed E-state index contributed by atoms with van der Waals surface area (Å²) in [5.74, 6) is 1.23. The zero-order valence-electron chi connectivity index (χ0n) is 12.8. The molecule has 1 aromatic heterocycles. The molecule has 1 heterocycles. The molecule has 0 amide bonds. The van der Waals surface area contributed by atoms with Crippen LogP contribution in [-0.2, 0) is 5.54 Å². The third-order valence-electron chi connectivity index (χ3n) is 4.49. The molecule has 1 fully saturated rings. The quantitative estimate of drug-likeness (QED) is 0.847. The maximum atomic E-state index is 4.96. The minimum absolute atomic E-state index is 0.145. The summed E-state index contributed by atoms with van der Waals surface area (Å²) in [6.07, 6.45) is 6.47. The van der Waals surface area contributed by atoms with Crippen LogP contribution in [0, 0.1) is 5.92 Å². The van der Waals surface area contributed by atoms with Crippen molar-refractivity contribution in [1.29, 1.82) is 0 Å². The lowest BCUT2D eigenvalue weighted by Crippen LogP contribution is -2.49. The Balaban J connectivity index is 2.29. The van der Waals surface area contributed by atoms with Gasteiger partial charge in [0.2, 0.25) is 0 Å². The lowest BCUT2D eigenvalue weighted by atomic mass is 9.74. The van der Waals surface area contributed by atoms with E-state index in [1.54, 1.807) is 0 Å². The van der Waals surface area contributed by atoms with Crippen molar-refractivity contribution in [1.82, 2.24) is 10.3 Å². The number of hydrogen-bond acceptors (Lipinski definition) is 3. The molecule has 2 rings (SSSR count). The number of hydrogen-bond donors (Lipinski definition) is 1. The molecular weight excluding hydrogens is 252 g/mol. The van der Waals surface area contributed by atoms with Gasteiger partial charge in [0.25, 0.3) is 0 Å². The van der Waals surface area contributed by atoms with Crippen molar-refractivity contribution in [3.05, 3.63) is 16.1 Å². The van der Waals surface area contributed by atoms with Crippen molar-refractivity contribution in [2.75, 3.05) is 6.54 Å². The Labute approximate surface area is 122 Å². The van der Waals surface area contributed by atoms with Gasteiger partial charge in [-0.2, -0.15) is 0 Å². The molecule has 2 atom stereocenters. The second kappa shape index (κ2) is 6.36. The van der Waals surface area contributed by atoms with Crippen LogP contribution in [0.3, 0.4) is 0 Å². The molecule has 3 heteroatoms. The Morgan fingerprint density at radius 1 is 1.47 bits per heavy atom. The lowest BCUT2D eigenvalue weighted by molar-refractivity contribution is 0.153. The predicted octanol–water partition coefficient (Wildman–Crippen LogP) is 4.67. The summed E-state index contributed by atoms with van der Waals surface area (Å²) < 4.78 is 0. The average molecular weight is 280 g/mol. The van der Waals surface area contributed by atoms with Gasteiger partial charge in [-0.1, -0.05) is 40.5 Å². The highest BCUT2D eigenvalue weighted by atomic mass is 32.1. The van der Waals surface area contributed by atoms with Gasteiger partial charge in [0, 0.05) is 5.38 Å². The van der Waals surface area contributed by atoms with Gasteiger partial charge in [-0.15, -0.1) is 11.3 Å². The van der Waals surface area contributed by atoms with Crippen molar-refractivity contribution in [2.24, 2.45) is 5.92 Å². The Bertz CT molecular complexity index is 399. The highest BCUT2D eigenvalue weighted by molar-refractivity contribution is 7.09. The summed E-state index contributed by atoms with van der Waals surface area (Å²) in [5.41, 5.74) is 1.40. The van der Waals surface area contributed by atoms with Gasteiger partial charge in [0.15, 0.2) is 0 Å². The zero-order valence-corrected chi connectivity index (χ0v) is 13.6. The zero-order chi connectivity index (χ0) is 13.9. The highest BCUT2D eigenvalue weighted by Crippen LogP contribution is 2.43. The van der Waals surface area contributed by atoms with E-state index in [-0.39, 0.29) is 5.54 Å². The van der Waals surface area contributed by atoms with E-state index < -0.39 is 0 Å². The highest BCUT2D eigenvalue weighted by Gasteiger charge is 2.41. The molecule has 19 heavy (non-hydrogen) atoms. The molecule has 1 aliphatic rings. The molecule has 0 aromatic carbocycles. The molecule has 1 N–H and O–H groups in total. The van der Waals surface area contributed by atoms with Crippen molar-refractivity contribution in [2.45, 2.75) is 71.3 Å². The van der Waals surface area contributed by atoms with Crippen molar-refractivity contribution in [3.63, 3.8) is 0 Å². The van der Waals surface area contributed by atoms with Gasteiger partial charge in [-0.25, -0.2) is 4.98 Å². The summed E-state index contributed by atoms with van der Waals surface area (Å²) in [6.45, 7) is 10.2. The fraction of sp³-hybridized carbons (Fsp3) is 0.812. The number of thiazole rings is 1. The number of nitrogens with zero attached hydrogens (tertiary/aromatic N) is 1. The van der Waals surface area contributed by atoms with Crippen LogP contribution in [0.1, 0.15) is 76.4 Å². The number of aromatic nitrogens is 1. The van der Waals surface area contributed by atoms with Crippen LogP contribution in [0.2, 0.25) is 0 Å². The SMILES string of the molecule is CCCNC1(c2nc(C(C)C)cs2)CCCCC1C. The van der Waals surface area contributed by atoms with E-state index in [1.165, 1.54) is 42.8 Å². The van der Waals surface area contributed by atoms with Crippen LogP contribution in [0.25, 0.3) is 0 Å². The fourth-order valence-corrected chi connectivity index (χ4v) is 4.41. The van der Waals surface area contributed by atoms with Crippen molar-refractivity contribution in [3.8, 4) is 0 Å². The summed E-state index contributed by atoms with van der Waals surface area (Å²) in [6, 6.07) is 0. The average Bonchev–Trinajstić information content (AvgIpc) is 2.88. The standard InChI is InChI=1S/C16H28N2S/c1-5-10-17-16(9-7-6-8-13(16)4)15-18-14(11-19-15)12(2)3/h11-13,17H,5-10H2,1-4H3. The Morgan fingerprint density at radius 3 is 2.84 bits per heavy atom. The van der Waals surface area contributed by atoms with Gasteiger partial charge < -0.3 is 5.32 Å². The maximum absolute atomic E-state index is 4.96. The van der Waals surface area contributed by atoms with Crippen molar-refractivity contribution < 1.29 is 0 Å². The molecule has 2 nitrogen and oxygen atoms in total. The summed E-state index contributed by atoms with van der Waals surface area (Å²) >= 11 is 1.86. The molecule has 108 valence electrons. The van der Waals surface area contributed by atoms with Crippen LogP contribution in [0.5, 0.6) is 0 Å². The van der Waals surface area contributed by atoms with E-state index in [9.17, 15) is 0 Å². The predicted molar refractivity (Wildman–Crippen MR) is 83.8 cm³/mol. The Kier molecular flexibility index (Phi) is 5.02. The minimum atomic E-state index is 0.145. The van der Waals surface area contributed by atoms with Crippen molar-refractivity contribution >= 4 is 11.3 Å². The molecule has 1 aromatic rings. The first-order valence-corrected chi connectivity index (χ1v) is 8.69. The van der Waals surface area contributed by atoms with Crippen LogP contribution in [-0.4, -0.2) is 11.5 Å². The molecule has 0 saturated heterocycles. The first-order valence-electron chi connectivity index (χ1n) is 7.81. The third-order valence-corrected chi connectivity index (χ3v) is 5.52. The van der Waals surface area contributed by atoms with Crippen LogP contribution < -0.4 is 5.32 Å². The second-order valence-corrected chi connectivity index (χ2v) is 7.14. The largest absolute Gasteiger partial charge is 0.305 e. The van der Waals surface area contributed by atoms with Gasteiger partial charge >= 0.3 is 0 Å². The van der Waals surface area contributed by atoms with E-state index in [0.717, 1.165) is 6.54 Å². The molecule has 1 saturated carbocycles. The number of nitrogens with one attached hydrogen (secondary N) is 1. The first kappa shape index (κ1) is 15.0. The van der Waals surface area contributed by atoms with E-state index >= 15 is 0 Å². The number of rotatable bonds is 5. The molecule has 0 spiro atoms. The van der Waals surface area contributed by atoms with E-state index in [4.69, 9.17) is 4.98 Å². The molecule has 2 unspecified atom stereocenters. The van der Waals surface area contributed by atoms with Gasteiger partial charge in [-0.3, -0.25) is 0 Å². The minimum Gasteiger partial charge on any atom is -0.305 e. The molecule has 1 aliphatic carbocycles. The van der Waals surface area contributed by atoms with Gasteiger partial charge in [0.05, 0.1) is 11.2 Å². The first-order chi connectivity index (χ1) is 9.10. The van der Waals surface area contributed by atoms with E-state index in [1.807, 2.05) is 11.3 Å². The Hall–Kier alpha value is -0.410. The topological polar surface area (TPSA) is 24.9 Å². The van der Waals surface area contributed by atoms with Gasteiger partial charge in [-0.05, 0) is 37.6 Å².